The van der Waals surface area contributed by atoms with Crippen LogP contribution in [-0.2, 0) is 6.42 Å². The maximum absolute atomic E-state index is 5.97. The lowest BCUT2D eigenvalue weighted by molar-refractivity contribution is 0.323. The number of halogens is 2. The summed E-state index contributed by atoms with van der Waals surface area (Å²) >= 11 is 11.8. The highest BCUT2D eigenvalue weighted by atomic mass is 35.5. The van der Waals surface area contributed by atoms with Crippen molar-refractivity contribution in [3.05, 3.63) is 45.6 Å². The monoisotopic (exact) mass is 270 g/mol. The molecule has 0 bridgehead atoms. The van der Waals surface area contributed by atoms with Gasteiger partial charge < -0.3 is 4.74 Å². The summed E-state index contributed by atoms with van der Waals surface area (Å²) in [5, 5.41) is 7.91. The average molecular weight is 271 g/mol. The third kappa shape index (κ3) is 2.93. The summed E-state index contributed by atoms with van der Waals surface area (Å²) in [4.78, 5) is 0. The number of ether oxygens (including phenoxy) is 1. The fourth-order valence-electron chi connectivity index (χ4n) is 1.56. The predicted molar refractivity (Wildman–Crippen MR) is 69.0 cm³/mol. The Hall–Kier alpha value is -1.19. The molecule has 5 heteroatoms. The van der Waals surface area contributed by atoms with Crippen molar-refractivity contribution < 1.29 is 4.74 Å². The van der Waals surface area contributed by atoms with Gasteiger partial charge in [-0.25, -0.2) is 5.10 Å². The number of rotatable bonds is 4. The topological polar surface area (TPSA) is 37.9 Å². The van der Waals surface area contributed by atoms with Gasteiger partial charge >= 0.3 is 0 Å². The van der Waals surface area contributed by atoms with Crippen molar-refractivity contribution in [2.45, 2.75) is 13.3 Å². The molecule has 0 saturated carbocycles. The quantitative estimate of drug-likeness (QED) is 0.920. The van der Waals surface area contributed by atoms with Gasteiger partial charge in [0, 0.05) is 12.0 Å². The van der Waals surface area contributed by atoms with Gasteiger partial charge in [0.15, 0.2) is 0 Å². The molecule has 1 heterocycles. The zero-order valence-corrected chi connectivity index (χ0v) is 10.8. The molecule has 2 rings (SSSR count). The normalized spacial score (nSPS) is 10.5. The SMILES string of the molecule is CCOc1[nH]ncc1Cc1ccc(Cl)c(Cl)c1. The molecule has 17 heavy (non-hydrogen) atoms. The Balaban J connectivity index is 2.19. The first-order valence-corrected chi connectivity index (χ1v) is 6.05. The molecule has 0 aliphatic heterocycles. The van der Waals surface area contributed by atoms with Crippen molar-refractivity contribution in [1.82, 2.24) is 10.2 Å². The molecule has 0 saturated heterocycles. The highest BCUT2D eigenvalue weighted by Crippen LogP contribution is 2.25. The van der Waals surface area contributed by atoms with E-state index in [2.05, 4.69) is 10.2 Å². The number of H-pyrrole nitrogens is 1. The van der Waals surface area contributed by atoms with E-state index in [1.165, 1.54) is 0 Å². The fraction of sp³-hybridized carbons (Fsp3) is 0.250. The van der Waals surface area contributed by atoms with Crippen LogP contribution >= 0.6 is 23.2 Å². The molecule has 0 unspecified atom stereocenters. The Kier molecular flexibility index (Phi) is 3.92. The number of hydrogen-bond acceptors (Lipinski definition) is 2. The van der Waals surface area contributed by atoms with Gasteiger partial charge in [0.2, 0.25) is 5.88 Å². The molecule has 0 amide bonds. The zero-order valence-electron chi connectivity index (χ0n) is 9.34. The largest absolute Gasteiger partial charge is 0.478 e. The van der Waals surface area contributed by atoms with E-state index in [1.807, 2.05) is 19.1 Å². The van der Waals surface area contributed by atoms with Crippen LogP contribution in [0, 0.1) is 0 Å². The second kappa shape index (κ2) is 5.43. The van der Waals surface area contributed by atoms with Crippen molar-refractivity contribution >= 4 is 23.2 Å². The Morgan fingerprint density at radius 3 is 2.82 bits per heavy atom. The highest BCUT2D eigenvalue weighted by Gasteiger charge is 2.08. The molecular formula is C12H12Cl2N2O. The van der Waals surface area contributed by atoms with Crippen LogP contribution in [0.2, 0.25) is 10.0 Å². The average Bonchev–Trinajstić information content (AvgIpc) is 2.72. The Morgan fingerprint density at radius 1 is 1.29 bits per heavy atom. The molecule has 0 radical (unpaired) electrons. The van der Waals surface area contributed by atoms with Crippen LogP contribution in [0.4, 0.5) is 0 Å². The summed E-state index contributed by atoms with van der Waals surface area (Å²) in [5.41, 5.74) is 2.08. The number of nitrogens with zero attached hydrogens (tertiary/aromatic N) is 1. The van der Waals surface area contributed by atoms with E-state index in [4.69, 9.17) is 27.9 Å². The molecule has 0 aliphatic carbocycles. The number of aromatic amines is 1. The van der Waals surface area contributed by atoms with Crippen molar-refractivity contribution in [2.24, 2.45) is 0 Å². The predicted octanol–water partition coefficient (Wildman–Crippen LogP) is 3.71. The summed E-state index contributed by atoms with van der Waals surface area (Å²) in [7, 11) is 0. The summed E-state index contributed by atoms with van der Waals surface area (Å²) in [6.45, 7) is 2.54. The molecule has 0 aliphatic rings. The van der Waals surface area contributed by atoms with E-state index in [0.29, 0.717) is 29.0 Å². The lowest BCUT2D eigenvalue weighted by Gasteiger charge is -2.05. The molecule has 0 fully saturated rings. The number of benzene rings is 1. The fourth-order valence-corrected chi connectivity index (χ4v) is 1.88. The van der Waals surface area contributed by atoms with Crippen LogP contribution in [0.15, 0.2) is 24.4 Å². The Morgan fingerprint density at radius 2 is 2.12 bits per heavy atom. The van der Waals surface area contributed by atoms with Gasteiger partial charge in [-0.05, 0) is 24.6 Å². The van der Waals surface area contributed by atoms with Crippen molar-refractivity contribution in [2.75, 3.05) is 6.61 Å². The van der Waals surface area contributed by atoms with Crippen molar-refractivity contribution in [3.63, 3.8) is 0 Å². The van der Waals surface area contributed by atoms with E-state index in [1.54, 1.807) is 12.3 Å². The molecular weight excluding hydrogens is 259 g/mol. The molecule has 3 nitrogen and oxygen atoms in total. The van der Waals surface area contributed by atoms with E-state index < -0.39 is 0 Å². The molecule has 90 valence electrons. The number of aromatic nitrogens is 2. The standard InChI is InChI=1S/C12H12Cl2N2O/c1-2-17-12-9(7-15-16-12)5-8-3-4-10(13)11(14)6-8/h3-4,6-7H,2,5H2,1H3,(H,15,16). The lowest BCUT2D eigenvalue weighted by atomic mass is 10.1. The van der Waals surface area contributed by atoms with Crippen LogP contribution in [0.5, 0.6) is 5.88 Å². The van der Waals surface area contributed by atoms with Gasteiger partial charge in [-0.1, -0.05) is 29.3 Å². The van der Waals surface area contributed by atoms with Gasteiger partial charge in [-0.2, -0.15) is 5.10 Å². The third-order valence-corrected chi connectivity index (χ3v) is 3.08. The highest BCUT2D eigenvalue weighted by molar-refractivity contribution is 6.42. The Labute approximate surface area is 110 Å². The van der Waals surface area contributed by atoms with Gasteiger partial charge in [-0.15, -0.1) is 0 Å². The second-order valence-corrected chi connectivity index (χ2v) is 4.40. The van der Waals surface area contributed by atoms with Crippen LogP contribution in [0.25, 0.3) is 0 Å². The molecule has 1 aromatic heterocycles. The van der Waals surface area contributed by atoms with Gasteiger partial charge in [0.1, 0.15) is 0 Å². The lowest BCUT2D eigenvalue weighted by Crippen LogP contribution is -1.96. The summed E-state index contributed by atoms with van der Waals surface area (Å²) in [6.07, 6.45) is 2.47. The summed E-state index contributed by atoms with van der Waals surface area (Å²) in [5.74, 6) is 0.707. The first-order valence-electron chi connectivity index (χ1n) is 5.29. The van der Waals surface area contributed by atoms with Crippen LogP contribution < -0.4 is 4.74 Å². The smallest absolute Gasteiger partial charge is 0.212 e. The number of hydrogen-bond donors (Lipinski definition) is 1. The molecule has 1 aromatic carbocycles. The van der Waals surface area contributed by atoms with E-state index in [9.17, 15) is 0 Å². The van der Waals surface area contributed by atoms with E-state index in [0.717, 1.165) is 11.1 Å². The van der Waals surface area contributed by atoms with E-state index >= 15 is 0 Å². The zero-order chi connectivity index (χ0) is 12.3. The van der Waals surface area contributed by atoms with E-state index in [-0.39, 0.29) is 0 Å². The minimum atomic E-state index is 0.561. The maximum Gasteiger partial charge on any atom is 0.212 e. The first-order chi connectivity index (χ1) is 8.20. The second-order valence-electron chi connectivity index (χ2n) is 3.58. The molecule has 1 N–H and O–H groups in total. The molecule has 2 aromatic rings. The summed E-state index contributed by atoms with van der Waals surface area (Å²) in [6, 6.07) is 5.59. The van der Waals surface area contributed by atoms with Crippen molar-refractivity contribution in [3.8, 4) is 5.88 Å². The van der Waals surface area contributed by atoms with Crippen molar-refractivity contribution in [1.29, 1.82) is 0 Å². The first kappa shape index (κ1) is 12.3. The van der Waals surface area contributed by atoms with Gasteiger partial charge in [-0.3, -0.25) is 0 Å². The van der Waals surface area contributed by atoms with Crippen LogP contribution in [0.3, 0.4) is 0 Å². The van der Waals surface area contributed by atoms with Gasteiger partial charge in [0.05, 0.1) is 22.8 Å². The number of nitrogens with one attached hydrogen (secondary N) is 1. The molecule has 0 spiro atoms. The van der Waals surface area contributed by atoms with Gasteiger partial charge in [0.25, 0.3) is 0 Å². The summed E-state index contributed by atoms with van der Waals surface area (Å²) < 4.78 is 5.43. The minimum absolute atomic E-state index is 0.561. The molecule has 0 atom stereocenters. The maximum atomic E-state index is 5.97. The van der Waals surface area contributed by atoms with Crippen LogP contribution in [-0.4, -0.2) is 16.8 Å². The Bertz CT molecular complexity index is 511. The minimum Gasteiger partial charge on any atom is -0.478 e. The third-order valence-electron chi connectivity index (χ3n) is 2.35. The van der Waals surface area contributed by atoms with Crippen LogP contribution in [0.1, 0.15) is 18.1 Å².